The fourth-order valence-corrected chi connectivity index (χ4v) is 5.47. The molecule has 2 heterocycles. The van der Waals surface area contributed by atoms with Gasteiger partial charge in [-0.3, -0.25) is 9.69 Å². The average molecular weight is 559 g/mol. The summed E-state index contributed by atoms with van der Waals surface area (Å²) in [6.45, 7) is 1.89. The van der Waals surface area contributed by atoms with Gasteiger partial charge in [0.1, 0.15) is 5.92 Å². The number of hydrogen-bond donors (Lipinski definition) is 2. The second kappa shape index (κ2) is 8.76. The Kier molecular flexibility index (Phi) is 5.91. The molecule has 2 N–H and O–H groups in total. The van der Waals surface area contributed by atoms with E-state index >= 15 is 0 Å². The Balaban J connectivity index is 1.64. The molecule has 0 unspecified atom stereocenters. The first kappa shape index (κ1) is 23.0. The van der Waals surface area contributed by atoms with Crippen molar-refractivity contribution in [2.24, 2.45) is 5.92 Å². The van der Waals surface area contributed by atoms with E-state index in [-0.39, 0.29) is 5.91 Å². The van der Waals surface area contributed by atoms with Crippen molar-refractivity contribution in [1.29, 1.82) is 0 Å². The van der Waals surface area contributed by atoms with Crippen molar-refractivity contribution in [3.63, 3.8) is 0 Å². The highest BCUT2D eigenvalue weighted by Crippen LogP contribution is 2.52. The Morgan fingerprint density at radius 3 is 2.56 bits per heavy atom. The van der Waals surface area contributed by atoms with E-state index in [9.17, 15) is 4.79 Å². The van der Waals surface area contributed by atoms with Gasteiger partial charge in [0.25, 0.3) is 0 Å². The summed E-state index contributed by atoms with van der Waals surface area (Å²) < 4.78 is 13.2. The van der Waals surface area contributed by atoms with E-state index in [1.165, 1.54) is 0 Å². The fourth-order valence-electron chi connectivity index (χ4n) is 4.66. The number of halogens is 2. The van der Waals surface area contributed by atoms with E-state index in [0.29, 0.717) is 27.3 Å². The topological polar surface area (TPSA) is 62.8 Å². The Hall–Kier alpha value is -2.81. The zero-order chi connectivity index (χ0) is 24.0. The summed E-state index contributed by atoms with van der Waals surface area (Å²) in [6, 6.07) is 19.9. The summed E-state index contributed by atoms with van der Waals surface area (Å²) in [4.78, 5) is 15.7. The molecule has 2 bridgehead atoms. The molecular weight excluding hydrogens is 538 g/mol. The van der Waals surface area contributed by atoms with Crippen LogP contribution in [0.5, 0.6) is 11.5 Å². The van der Waals surface area contributed by atoms with E-state index in [0.717, 1.165) is 15.7 Å². The number of anilines is 2. The lowest BCUT2D eigenvalue weighted by Crippen LogP contribution is -2.72. The molecule has 0 radical (unpaired) electrons. The maximum Gasteiger partial charge on any atom is 0.236 e. The molecule has 3 atom stereocenters. The SMILES string of the molecule is COc1cccc2c1O[C@@]1(C)[C@H](C(=O)Nc3ccc(Cl)cc3)[C@@H]2NC(=S)N1c1ccc(Br)cc1. The van der Waals surface area contributed by atoms with Crippen LogP contribution in [0.15, 0.2) is 71.2 Å². The second-order valence-electron chi connectivity index (χ2n) is 8.25. The Bertz CT molecular complexity index is 1270. The molecule has 34 heavy (non-hydrogen) atoms. The number of fused-ring (bicyclic) bond motifs is 4. The van der Waals surface area contributed by atoms with Gasteiger partial charge in [-0.05, 0) is 73.7 Å². The molecule has 3 aromatic rings. The summed E-state index contributed by atoms with van der Waals surface area (Å²) >= 11 is 15.3. The van der Waals surface area contributed by atoms with Gasteiger partial charge < -0.3 is 20.1 Å². The van der Waals surface area contributed by atoms with Gasteiger partial charge in [-0.2, -0.15) is 0 Å². The number of nitrogens with one attached hydrogen (secondary N) is 2. The molecule has 174 valence electrons. The van der Waals surface area contributed by atoms with Gasteiger partial charge in [0.15, 0.2) is 22.3 Å². The van der Waals surface area contributed by atoms with Crippen molar-refractivity contribution in [2.45, 2.75) is 18.7 Å². The predicted molar refractivity (Wildman–Crippen MR) is 141 cm³/mol. The van der Waals surface area contributed by atoms with Crippen LogP contribution < -0.4 is 25.0 Å². The Morgan fingerprint density at radius 2 is 1.88 bits per heavy atom. The molecule has 0 spiro atoms. The largest absolute Gasteiger partial charge is 0.493 e. The van der Waals surface area contributed by atoms with Gasteiger partial charge in [-0.1, -0.05) is 39.7 Å². The molecule has 0 aromatic heterocycles. The highest BCUT2D eigenvalue weighted by atomic mass is 79.9. The van der Waals surface area contributed by atoms with Gasteiger partial charge in [-0.25, -0.2) is 0 Å². The van der Waals surface area contributed by atoms with Crippen molar-refractivity contribution in [3.8, 4) is 11.5 Å². The van der Waals surface area contributed by atoms with Gasteiger partial charge >= 0.3 is 0 Å². The van der Waals surface area contributed by atoms with E-state index in [4.69, 9.17) is 33.3 Å². The van der Waals surface area contributed by atoms with Crippen LogP contribution in [-0.4, -0.2) is 23.9 Å². The number of carbonyl (C=O) groups is 1. The number of hydrogen-bond acceptors (Lipinski definition) is 4. The summed E-state index contributed by atoms with van der Waals surface area (Å²) in [5.74, 6) is 0.319. The third-order valence-electron chi connectivity index (χ3n) is 6.19. The molecule has 1 fully saturated rings. The summed E-state index contributed by atoms with van der Waals surface area (Å²) in [7, 11) is 1.60. The monoisotopic (exact) mass is 557 g/mol. The minimum atomic E-state index is -1.14. The van der Waals surface area contributed by atoms with E-state index in [2.05, 4.69) is 26.6 Å². The standard InChI is InChI=1S/C25H21BrClN3O3S/c1-25-20(23(31)28-16-10-8-15(27)9-11-16)21(18-4-3-5-19(32-2)22(18)33-25)29-24(34)30(25)17-12-6-14(26)7-13-17/h3-13,20-21H,1-2H3,(H,28,31)(H,29,34)/t20-,21+,25-/m0/s1. The van der Waals surface area contributed by atoms with Crippen molar-refractivity contribution in [2.75, 3.05) is 17.3 Å². The van der Waals surface area contributed by atoms with Crippen molar-refractivity contribution >= 4 is 62.1 Å². The van der Waals surface area contributed by atoms with Gasteiger partial charge in [-0.15, -0.1) is 0 Å². The van der Waals surface area contributed by atoms with Crippen LogP contribution in [0.2, 0.25) is 5.02 Å². The highest BCUT2D eigenvalue weighted by molar-refractivity contribution is 9.10. The molecule has 2 aliphatic heterocycles. The zero-order valence-corrected chi connectivity index (χ0v) is 21.5. The molecule has 1 amide bonds. The smallest absolute Gasteiger partial charge is 0.236 e. The average Bonchev–Trinajstić information content (AvgIpc) is 2.81. The van der Waals surface area contributed by atoms with Crippen molar-refractivity contribution < 1.29 is 14.3 Å². The highest BCUT2D eigenvalue weighted by Gasteiger charge is 2.59. The van der Waals surface area contributed by atoms with Crippen LogP contribution in [-0.2, 0) is 4.79 Å². The summed E-state index contributed by atoms with van der Waals surface area (Å²) in [6.07, 6.45) is 0. The first-order valence-corrected chi connectivity index (χ1v) is 12.2. The van der Waals surface area contributed by atoms with Crippen molar-refractivity contribution in [3.05, 3.63) is 81.8 Å². The number of thiocarbonyl (C=S) groups is 1. The molecule has 0 saturated carbocycles. The van der Waals surface area contributed by atoms with Crippen LogP contribution in [0, 0.1) is 5.92 Å². The zero-order valence-electron chi connectivity index (χ0n) is 18.3. The number of methoxy groups -OCH3 is 1. The number of para-hydroxylation sites is 1. The fraction of sp³-hybridized carbons (Fsp3) is 0.200. The molecular formula is C25H21BrClN3O3S. The van der Waals surface area contributed by atoms with E-state index < -0.39 is 17.7 Å². The third kappa shape index (κ3) is 3.79. The lowest BCUT2D eigenvalue weighted by Gasteiger charge is -2.56. The number of rotatable bonds is 4. The van der Waals surface area contributed by atoms with Crippen molar-refractivity contribution in [1.82, 2.24) is 5.32 Å². The first-order chi connectivity index (χ1) is 16.3. The third-order valence-corrected chi connectivity index (χ3v) is 7.27. The van der Waals surface area contributed by atoms with Crippen LogP contribution in [0.1, 0.15) is 18.5 Å². The molecule has 9 heteroatoms. The molecule has 2 aliphatic rings. The number of ether oxygens (including phenoxy) is 2. The van der Waals surface area contributed by atoms with Crippen LogP contribution in [0.25, 0.3) is 0 Å². The molecule has 3 aromatic carbocycles. The molecule has 6 nitrogen and oxygen atoms in total. The van der Waals surface area contributed by atoms with E-state index in [1.807, 2.05) is 54.3 Å². The predicted octanol–water partition coefficient (Wildman–Crippen LogP) is 5.91. The summed E-state index contributed by atoms with van der Waals surface area (Å²) in [5, 5.41) is 7.49. The second-order valence-corrected chi connectivity index (χ2v) is 9.99. The van der Waals surface area contributed by atoms with E-state index in [1.54, 1.807) is 31.4 Å². The molecule has 1 saturated heterocycles. The normalized spacial score (nSPS) is 22.8. The molecule has 5 rings (SSSR count). The number of benzene rings is 3. The lowest BCUT2D eigenvalue weighted by molar-refractivity contribution is -0.130. The van der Waals surface area contributed by atoms with Crippen LogP contribution in [0.4, 0.5) is 11.4 Å². The maximum absolute atomic E-state index is 13.8. The molecule has 0 aliphatic carbocycles. The summed E-state index contributed by atoms with van der Waals surface area (Å²) in [5.41, 5.74) is 1.11. The lowest BCUT2D eigenvalue weighted by atomic mass is 9.78. The minimum Gasteiger partial charge on any atom is -0.493 e. The Morgan fingerprint density at radius 1 is 1.18 bits per heavy atom. The minimum absolute atomic E-state index is 0.208. The number of carbonyl (C=O) groups excluding carboxylic acids is 1. The quantitative estimate of drug-likeness (QED) is 0.388. The van der Waals surface area contributed by atoms with Gasteiger partial charge in [0, 0.05) is 26.4 Å². The Labute approximate surface area is 216 Å². The first-order valence-electron chi connectivity index (χ1n) is 10.6. The van der Waals surface area contributed by atoms with Gasteiger partial charge in [0.05, 0.1) is 13.2 Å². The number of amides is 1. The maximum atomic E-state index is 13.8. The van der Waals surface area contributed by atoms with Crippen LogP contribution >= 0.6 is 39.7 Å². The van der Waals surface area contributed by atoms with Gasteiger partial charge in [0.2, 0.25) is 5.91 Å². The van der Waals surface area contributed by atoms with Crippen LogP contribution in [0.3, 0.4) is 0 Å². The number of nitrogens with zero attached hydrogens (tertiary/aromatic N) is 1.